The first kappa shape index (κ1) is 8.97. The fourth-order valence-electron chi connectivity index (χ4n) is 1.42. The molecule has 0 saturated heterocycles. The summed E-state index contributed by atoms with van der Waals surface area (Å²) in [5.74, 6) is 0. The van der Waals surface area contributed by atoms with E-state index in [9.17, 15) is 0 Å². The molecule has 2 rings (SSSR count). The average Bonchev–Trinajstić information content (AvgIpc) is 2.65. The highest BCUT2D eigenvalue weighted by Crippen LogP contribution is 2.11. The van der Waals surface area contributed by atoms with Crippen LogP contribution in [0.3, 0.4) is 0 Å². The first-order valence-corrected chi connectivity index (χ1v) is 4.59. The molecule has 72 valence electrons. The van der Waals surface area contributed by atoms with Crippen LogP contribution in [0.2, 0.25) is 0 Å². The van der Waals surface area contributed by atoms with Gasteiger partial charge in [0.25, 0.3) is 0 Å². The molecule has 0 fully saturated rings. The van der Waals surface area contributed by atoms with E-state index >= 15 is 0 Å². The Balaban J connectivity index is 2.39. The van der Waals surface area contributed by atoms with E-state index in [-0.39, 0.29) is 0 Å². The largest absolute Gasteiger partial charge is 0.326 e. The van der Waals surface area contributed by atoms with Crippen LogP contribution in [-0.4, -0.2) is 9.55 Å². The molecule has 0 amide bonds. The Hall–Kier alpha value is -1.61. The second kappa shape index (κ2) is 3.64. The minimum atomic E-state index is 0.586. The van der Waals surface area contributed by atoms with Crippen molar-refractivity contribution >= 4 is 0 Å². The molecule has 3 heteroatoms. The molecule has 2 N–H and O–H groups in total. The number of aromatic nitrogens is 2. The van der Waals surface area contributed by atoms with Gasteiger partial charge in [-0.2, -0.15) is 0 Å². The first-order chi connectivity index (χ1) is 6.81. The van der Waals surface area contributed by atoms with Gasteiger partial charge in [-0.05, 0) is 24.6 Å². The topological polar surface area (TPSA) is 43.8 Å². The van der Waals surface area contributed by atoms with E-state index in [1.165, 1.54) is 0 Å². The van der Waals surface area contributed by atoms with E-state index in [2.05, 4.69) is 17.1 Å². The summed E-state index contributed by atoms with van der Waals surface area (Å²) in [6, 6.07) is 8.18. The van der Waals surface area contributed by atoms with Gasteiger partial charge in [0.05, 0.1) is 6.33 Å². The van der Waals surface area contributed by atoms with Gasteiger partial charge in [-0.15, -0.1) is 0 Å². The Bertz CT molecular complexity index is 414. The SMILES string of the molecule is Cc1cncn1-c1ccc(CN)cc1. The molecule has 0 aliphatic heterocycles. The Morgan fingerprint density at radius 1 is 1.29 bits per heavy atom. The Morgan fingerprint density at radius 2 is 2.00 bits per heavy atom. The Morgan fingerprint density at radius 3 is 2.50 bits per heavy atom. The summed E-state index contributed by atoms with van der Waals surface area (Å²) in [4.78, 5) is 4.08. The van der Waals surface area contributed by atoms with E-state index in [4.69, 9.17) is 5.73 Å². The molecule has 14 heavy (non-hydrogen) atoms. The zero-order valence-corrected chi connectivity index (χ0v) is 8.14. The molecule has 1 aromatic carbocycles. The monoisotopic (exact) mass is 187 g/mol. The summed E-state index contributed by atoms with van der Waals surface area (Å²) in [6.07, 6.45) is 3.66. The maximum absolute atomic E-state index is 5.53. The summed E-state index contributed by atoms with van der Waals surface area (Å²) >= 11 is 0. The minimum Gasteiger partial charge on any atom is -0.326 e. The van der Waals surface area contributed by atoms with Crippen LogP contribution in [0.25, 0.3) is 5.69 Å². The smallest absolute Gasteiger partial charge is 0.0994 e. The molecule has 0 radical (unpaired) electrons. The maximum Gasteiger partial charge on any atom is 0.0994 e. The van der Waals surface area contributed by atoms with Crippen molar-refractivity contribution in [2.24, 2.45) is 5.73 Å². The molecule has 0 bridgehead atoms. The molecule has 1 heterocycles. The summed E-state index contributed by atoms with van der Waals surface area (Å²) in [5, 5.41) is 0. The number of rotatable bonds is 2. The Labute approximate surface area is 83.2 Å². The van der Waals surface area contributed by atoms with E-state index in [1.807, 2.05) is 36.1 Å². The number of hydrogen-bond acceptors (Lipinski definition) is 2. The Kier molecular flexibility index (Phi) is 2.33. The minimum absolute atomic E-state index is 0.586. The van der Waals surface area contributed by atoms with Crippen molar-refractivity contribution in [1.29, 1.82) is 0 Å². The highest BCUT2D eigenvalue weighted by Gasteiger charge is 1.98. The standard InChI is InChI=1S/C11H13N3/c1-9-7-13-8-14(9)11-4-2-10(6-12)3-5-11/h2-5,7-8H,6,12H2,1H3. The lowest BCUT2D eigenvalue weighted by atomic mass is 10.2. The number of hydrogen-bond donors (Lipinski definition) is 1. The van der Waals surface area contributed by atoms with E-state index in [1.54, 1.807) is 0 Å². The van der Waals surface area contributed by atoms with Gasteiger partial charge in [0.1, 0.15) is 0 Å². The normalized spacial score (nSPS) is 10.4. The second-order valence-corrected chi connectivity index (χ2v) is 3.28. The molecular formula is C11H13N3. The van der Waals surface area contributed by atoms with Crippen molar-refractivity contribution in [3.63, 3.8) is 0 Å². The van der Waals surface area contributed by atoms with Gasteiger partial charge < -0.3 is 10.3 Å². The summed E-state index contributed by atoms with van der Waals surface area (Å²) in [7, 11) is 0. The van der Waals surface area contributed by atoms with Crippen molar-refractivity contribution in [2.45, 2.75) is 13.5 Å². The number of nitrogens with zero attached hydrogens (tertiary/aromatic N) is 2. The van der Waals surface area contributed by atoms with Gasteiger partial charge in [0.15, 0.2) is 0 Å². The highest BCUT2D eigenvalue weighted by atomic mass is 15.0. The quantitative estimate of drug-likeness (QED) is 0.776. The molecule has 0 atom stereocenters. The summed E-state index contributed by atoms with van der Waals surface area (Å²) in [6.45, 7) is 2.62. The number of benzene rings is 1. The van der Waals surface area contributed by atoms with Crippen molar-refractivity contribution in [1.82, 2.24) is 9.55 Å². The molecule has 0 spiro atoms. The van der Waals surface area contributed by atoms with Gasteiger partial charge in [-0.1, -0.05) is 12.1 Å². The van der Waals surface area contributed by atoms with Crippen LogP contribution in [0.4, 0.5) is 0 Å². The predicted molar refractivity (Wildman–Crippen MR) is 56.2 cm³/mol. The third-order valence-corrected chi connectivity index (χ3v) is 2.27. The maximum atomic E-state index is 5.53. The van der Waals surface area contributed by atoms with Crippen LogP contribution in [0.15, 0.2) is 36.8 Å². The van der Waals surface area contributed by atoms with Gasteiger partial charge >= 0.3 is 0 Å². The van der Waals surface area contributed by atoms with Crippen LogP contribution < -0.4 is 5.73 Å². The van der Waals surface area contributed by atoms with Gasteiger partial charge in [-0.3, -0.25) is 0 Å². The molecule has 2 aromatic rings. The first-order valence-electron chi connectivity index (χ1n) is 4.59. The third-order valence-electron chi connectivity index (χ3n) is 2.27. The van der Waals surface area contributed by atoms with Crippen molar-refractivity contribution < 1.29 is 0 Å². The fourth-order valence-corrected chi connectivity index (χ4v) is 1.42. The lowest BCUT2D eigenvalue weighted by Crippen LogP contribution is -1.98. The summed E-state index contributed by atoms with van der Waals surface area (Å²) in [5.41, 5.74) is 8.93. The van der Waals surface area contributed by atoms with Crippen LogP contribution in [0, 0.1) is 6.92 Å². The van der Waals surface area contributed by atoms with Crippen LogP contribution >= 0.6 is 0 Å². The predicted octanol–water partition coefficient (Wildman–Crippen LogP) is 1.64. The molecule has 1 aromatic heterocycles. The van der Waals surface area contributed by atoms with E-state index in [0.717, 1.165) is 16.9 Å². The van der Waals surface area contributed by atoms with Crippen molar-refractivity contribution in [2.75, 3.05) is 0 Å². The number of aryl methyl sites for hydroxylation is 1. The van der Waals surface area contributed by atoms with Crippen LogP contribution in [-0.2, 0) is 6.54 Å². The van der Waals surface area contributed by atoms with Crippen molar-refractivity contribution in [3.8, 4) is 5.69 Å². The number of imidazole rings is 1. The highest BCUT2D eigenvalue weighted by molar-refractivity contribution is 5.35. The van der Waals surface area contributed by atoms with Gasteiger partial charge in [0.2, 0.25) is 0 Å². The lowest BCUT2D eigenvalue weighted by molar-refractivity contribution is 0.996. The van der Waals surface area contributed by atoms with Crippen LogP contribution in [0.5, 0.6) is 0 Å². The lowest BCUT2D eigenvalue weighted by Gasteiger charge is -2.05. The van der Waals surface area contributed by atoms with E-state index in [0.29, 0.717) is 6.54 Å². The summed E-state index contributed by atoms with van der Waals surface area (Å²) < 4.78 is 2.04. The molecule has 0 aliphatic rings. The zero-order chi connectivity index (χ0) is 9.97. The van der Waals surface area contributed by atoms with Crippen molar-refractivity contribution in [3.05, 3.63) is 48.0 Å². The number of nitrogens with two attached hydrogens (primary N) is 1. The van der Waals surface area contributed by atoms with E-state index < -0.39 is 0 Å². The van der Waals surface area contributed by atoms with Crippen LogP contribution in [0.1, 0.15) is 11.3 Å². The van der Waals surface area contributed by atoms with Gasteiger partial charge in [0, 0.05) is 24.1 Å². The fraction of sp³-hybridized carbons (Fsp3) is 0.182. The molecule has 3 nitrogen and oxygen atoms in total. The molecular weight excluding hydrogens is 174 g/mol. The molecule has 0 saturated carbocycles. The second-order valence-electron chi connectivity index (χ2n) is 3.28. The zero-order valence-electron chi connectivity index (χ0n) is 8.14. The molecule has 0 aliphatic carbocycles. The van der Waals surface area contributed by atoms with Gasteiger partial charge in [-0.25, -0.2) is 4.98 Å². The third kappa shape index (κ3) is 1.54. The molecule has 0 unspecified atom stereocenters. The average molecular weight is 187 g/mol.